The van der Waals surface area contributed by atoms with Crippen LogP contribution in [0.4, 0.5) is 8.78 Å². The molecular formula is C21H19F2N5. The summed E-state index contributed by atoms with van der Waals surface area (Å²) in [5, 5.41) is 9.46. The number of para-hydroxylation sites is 1. The van der Waals surface area contributed by atoms with Crippen LogP contribution in [0.2, 0.25) is 0 Å². The Balaban J connectivity index is 1.85. The monoisotopic (exact) mass is 379 g/mol. The molecule has 5 nitrogen and oxygen atoms in total. The predicted octanol–water partition coefficient (Wildman–Crippen LogP) is 4.94. The largest absolute Gasteiger partial charge is 0.272 e. The second-order valence-corrected chi connectivity index (χ2v) is 7.27. The third-order valence-electron chi connectivity index (χ3n) is 5.41. The highest BCUT2D eigenvalue weighted by Gasteiger charge is 2.33. The average molecular weight is 379 g/mol. The lowest BCUT2D eigenvalue weighted by Crippen LogP contribution is -2.00. The fourth-order valence-electron chi connectivity index (χ4n) is 3.62. The molecule has 0 bridgehead atoms. The van der Waals surface area contributed by atoms with Crippen LogP contribution in [0.1, 0.15) is 42.1 Å². The maximum atomic E-state index is 14.1. The number of pyridine rings is 1. The minimum atomic E-state index is -2.60. The fraction of sp³-hybridized carbons (Fsp3) is 0.286. The molecule has 1 aliphatic carbocycles. The second-order valence-electron chi connectivity index (χ2n) is 7.27. The Morgan fingerprint density at radius 1 is 1.14 bits per heavy atom. The van der Waals surface area contributed by atoms with Gasteiger partial charge in [-0.25, -0.2) is 18.4 Å². The lowest BCUT2D eigenvalue weighted by atomic mass is 10.0. The first-order valence-electron chi connectivity index (χ1n) is 9.30. The maximum Gasteiger partial charge on any atom is 0.264 e. The molecule has 7 heteroatoms. The van der Waals surface area contributed by atoms with Crippen molar-refractivity contribution in [1.29, 1.82) is 0 Å². The number of nitrogens with zero attached hydrogens (tertiary/aromatic N) is 5. The van der Waals surface area contributed by atoms with Crippen molar-refractivity contribution in [2.75, 3.05) is 0 Å². The van der Waals surface area contributed by atoms with E-state index >= 15 is 0 Å². The molecule has 0 saturated heterocycles. The first-order chi connectivity index (χ1) is 13.5. The normalized spacial score (nSPS) is 14.3. The fourth-order valence-corrected chi connectivity index (χ4v) is 3.62. The number of fused-ring (bicyclic) bond motifs is 1. The number of aromatic nitrogens is 5. The number of hydrogen-bond donors (Lipinski definition) is 0. The van der Waals surface area contributed by atoms with Gasteiger partial charge in [-0.15, -0.1) is 0 Å². The Hall–Kier alpha value is -3.09. The second kappa shape index (κ2) is 6.22. The van der Waals surface area contributed by atoms with Gasteiger partial charge < -0.3 is 0 Å². The third kappa shape index (κ3) is 2.61. The van der Waals surface area contributed by atoms with Crippen LogP contribution in [0, 0.1) is 6.92 Å². The molecule has 0 amide bonds. The highest BCUT2D eigenvalue weighted by atomic mass is 19.3. The van der Waals surface area contributed by atoms with Crippen LogP contribution in [-0.2, 0) is 7.05 Å². The topological polar surface area (TPSA) is 48.5 Å². The van der Waals surface area contributed by atoms with Crippen molar-refractivity contribution >= 4 is 11.0 Å². The van der Waals surface area contributed by atoms with E-state index in [2.05, 4.69) is 5.10 Å². The Morgan fingerprint density at radius 3 is 2.50 bits per heavy atom. The van der Waals surface area contributed by atoms with Gasteiger partial charge in [-0.05, 0) is 38.0 Å². The molecule has 1 aromatic carbocycles. The van der Waals surface area contributed by atoms with E-state index in [1.165, 1.54) is 6.07 Å². The quantitative estimate of drug-likeness (QED) is 0.504. The van der Waals surface area contributed by atoms with Gasteiger partial charge in [-0.3, -0.25) is 4.68 Å². The van der Waals surface area contributed by atoms with Crippen LogP contribution >= 0.6 is 0 Å². The summed E-state index contributed by atoms with van der Waals surface area (Å²) < 4.78 is 31.6. The van der Waals surface area contributed by atoms with Crippen molar-refractivity contribution < 1.29 is 8.78 Å². The minimum absolute atomic E-state index is 0.00710. The summed E-state index contributed by atoms with van der Waals surface area (Å²) in [4.78, 5) is 4.78. The van der Waals surface area contributed by atoms with Crippen LogP contribution in [0.3, 0.4) is 0 Å². The van der Waals surface area contributed by atoms with Gasteiger partial charge in [0.15, 0.2) is 5.65 Å². The molecule has 0 aliphatic heterocycles. The van der Waals surface area contributed by atoms with Crippen molar-refractivity contribution in [2.45, 2.75) is 32.1 Å². The highest BCUT2D eigenvalue weighted by molar-refractivity contribution is 5.87. The van der Waals surface area contributed by atoms with Gasteiger partial charge in [0.1, 0.15) is 0 Å². The number of halogens is 2. The van der Waals surface area contributed by atoms with Gasteiger partial charge in [0, 0.05) is 29.8 Å². The first kappa shape index (κ1) is 17.0. The molecular weight excluding hydrogens is 360 g/mol. The molecule has 1 fully saturated rings. The number of aryl methyl sites for hydroxylation is 1. The van der Waals surface area contributed by atoms with Gasteiger partial charge in [0.25, 0.3) is 6.43 Å². The number of rotatable bonds is 4. The molecule has 28 heavy (non-hydrogen) atoms. The Labute approximate surface area is 160 Å². The minimum Gasteiger partial charge on any atom is -0.272 e. The van der Waals surface area contributed by atoms with Crippen molar-refractivity contribution in [1.82, 2.24) is 24.5 Å². The standard InChI is InChI=1S/C21H19F2N5/c1-12-16(11-24-27(12)2)17-10-15(20(22)23)18-19(13-8-9-13)26-28(21(18)25-17)14-6-4-3-5-7-14/h3-7,10-11,13,20H,8-9H2,1-2H3. The maximum absolute atomic E-state index is 14.1. The number of benzene rings is 1. The summed E-state index contributed by atoms with van der Waals surface area (Å²) in [6.45, 7) is 1.90. The summed E-state index contributed by atoms with van der Waals surface area (Å²) in [6.07, 6.45) is 1.02. The van der Waals surface area contributed by atoms with E-state index < -0.39 is 6.43 Å². The lowest BCUT2D eigenvalue weighted by molar-refractivity contribution is 0.153. The van der Waals surface area contributed by atoms with Gasteiger partial charge in [0.05, 0.1) is 28.7 Å². The SMILES string of the molecule is Cc1c(-c2cc(C(F)F)c3c(C4CC4)nn(-c4ccccc4)c3n2)cnn1C. The van der Waals surface area contributed by atoms with E-state index in [0.29, 0.717) is 16.7 Å². The zero-order valence-corrected chi connectivity index (χ0v) is 15.6. The average Bonchev–Trinajstić information content (AvgIpc) is 3.40. The molecule has 1 aliphatic rings. The number of hydrogen-bond acceptors (Lipinski definition) is 3. The molecule has 0 radical (unpaired) electrons. The van der Waals surface area contributed by atoms with E-state index in [1.54, 1.807) is 15.6 Å². The molecule has 1 saturated carbocycles. The predicted molar refractivity (Wildman–Crippen MR) is 103 cm³/mol. The van der Waals surface area contributed by atoms with E-state index in [-0.39, 0.29) is 11.5 Å². The van der Waals surface area contributed by atoms with Crippen LogP contribution in [0.5, 0.6) is 0 Å². The summed E-state index contributed by atoms with van der Waals surface area (Å²) >= 11 is 0. The molecule has 142 valence electrons. The van der Waals surface area contributed by atoms with E-state index in [4.69, 9.17) is 10.1 Å². The zero-order valence-electron chi connectivity index (χ0n) is 15.6. The van der Waals surface area contributed by atoms with Gasteiger partial charge in [0.2, 0.25) is 0 Å². The summed E-state index contributed by atoms with van der Waals surface area (Å²) in [5.74, 6) is 0.234. The summed E-state index contributed by atoms with van der Waals surface area (Å²) in [7, 11) is 1.82. The number of alkyl halides is 2. The van der Waals surface area contributed by atoms with Crippen molar-refractivity contribution in [3.63, 3.8) is 0 Å². The van der Waals surface area contributed by atoms with Crippen molar-refractivity contribution in [3.8, 4) is 16.9 Å². The summed E-state index contributed by atoms with van der Waals surface area (Å²) in [6, 6.07) is 11.1. The zero-order chi connectivity index (χ0) is 19.4. The van der Waals surface area contributed by atoms with E-state index in [0.717, 1.165) is 35.5 Å². The smallest absolute Gasteiger partial charge is 0.264 e. The van der Waals surface area contributed by atoms with Crippen LogP contribution in [0.15, 0.2) is 42.6 Å². The van der Waals surface area contributed by atoms with Crippen molar-refractivity contribution in [3.05, 3.63) is 59.5 Å². The molecule has 0 spiro atoms. The molecule has 0 N–H and O–H groups in total. The molecule has 5 rings (SSSR count). The lowest BCUT2D eigenvalue weighted by Gasteiger charge is -2.09. The first-order valence-corrected chi connectivity index (χ1v) is 9.30. The van der Waals surface area contributed by atoms with Gasteiger partial charge in [-0.2, -0.15) is 10.2 Å². The van der Waals surface area contributed by atoms with Crippen LogP contribution in [-0.4, -0.2) is 24.5 Å². The van der Waals surface area contributed by atoms with Gasteiger partial charge in [-0.1, -0.05) is 18.2 Å². The summed E-state index contributed by atoms with van der Waals surface area (Å²) in [5.41, 5.74) is 4.13. The van der Waals surface area contributed by atoms with Gasteiger partial charge >= 0.3 is 0 Å². The Bertz CT molecular complexity index is 1170. The molecule has 0 unspecified atom stereocenters. The van der Waals surface area contributed by atoms with E-state index in [9.17, 15) is 8.78 Å². The molecule has 3 aromatic heterocycles. The molecule has 3 heterocycles. The molecule has 0 atom stereocenters. The van der Waals surface area contributed by atoms with Crippen molar-refractivity contribution in [2.24, 2.45) is 7.05 Å². The Kier molecular flexibility index (Phi) is 3.79. The van der Waals surface area contributed by atoms with Crippen LogP contribution < -0.4 is 0 Å². The van der Waals surface area contributed by atoms with E-state index in [1.807, 2.05) is 44.3 Å². The third-order valence-corrected chi connectivity index (χ3v) is 5.41. The van der Waals surface area contributed by atoms with Crippen LogP contribution in [0.25, 0.3) is 28.0 Å². The molecule has 4 aromatic rings. The Morgan fingerprint density at radius 2 is 1.89 bits per heavy atom. The highest BCUT2D eigenvalue weighted by Crippen LogP contribution is 2.45.